The highest BCUT2D eigenvalue weighted by Crippen LogP contribution is 2.34. The van der Waals surface area contributed by atoms with Crippen LogP contribution < -0.4 is 20.2 Å². The van der Waals surface area contributed by atoms with Crippen molar-refractivity contribution >= 4 is 23.5 Å². The van der Waals surface area contributed by atoms with Gasteiger partial charge in [-0.1, -0.05) is 35.9 Å². The molecule has 0 radical (unpaired) electrons. The Bertz CT molecular complexity index is 848. The minimum absolute atomic E-state index is 0.469. The topological polar surface area (TPSA) is 54.9 Å². The van der Waals surface area contributed by atoms with Crippen molar-refractivity contribution in [3.63, 3.8) is 0 Å². The zero-order valence-electron chi connectivity index (χ0n) is 17.3. The second-order valence-corrected chi connectivity index (χ2v) is 6.85. The molecule has 154 valence electrons. The molecule has 0 aliphatic rings. The molecule has 0 heterocycles. The van der Waals surface area contributed by atoms with Crippen molar-refractivity contribution in [1.29, 1.82) is 0 Å². The van der Waals surface area contributed by atoms with Gasteiger partial charge in [0.05, 0.1) is 12.8 Å². The van der Waals surface area contributed by atoms with Crippen LogP contribution >= 0.6 is 12.2 Å². The number of allylic oxidation sites excluding steroid dienone is 1. The molecule has 0 atom stereocenters. The van der Waals surface area contributed by atoms with Crippen LogP contribution in [0.25, 0.3) is 0 Å². The number of hydrazone groups is 1. The van der Waals surface area contributed by atoms with Crippen molar-refractivity contribution in [3.05, 3.63) is 71.3 Å². The lowest BCUT2D eigenvalue weighted by Crippen LogP contribution is -2.31. The molecule has 5 nitrogen and oxygen atoms in total. The average molecular weight is 412 g/mol. The van der Waals surface area contributed by atoms with E-state index in [4.69, 9.17) is 21.7 Å². The van der Waals surface area contributed by atoms with E-state index in [1.165, 1.54) is 5.56 Å². The van der Waals surface area contributed by atoms with Gasteiger partial charge in [0.25, 0.3) is 0 Å². The standard InChI is InChI=1S/C23H29N3O2S/c1-5-8-20-13-19(15-25-26-23(29)24-6-2)14-21(27-7-3)22(20)28-16-18-11-9-17(4)10-12-18/h5,9-15H,1,6-8,16H2,2-4H3,(H2,24,26,29). The quantitative estimate of drug-likeness (QED) is 0.261. The van der Waals surface area contributed by atoms with Gasteiger partial charge in [0.1, 0.15) is 6.61 Å². The third-order valence-electron chi connectivity index (χ3n) is 4.04. The molecular weight excluding hydrogens is 382 g/mol. The van der Waals surface area contributed by atoms with Crippen molar-refractivity contribution < 1.29 is 9.47 Å². The largest absolute Gasteiger partial charge is 0.490 e. The number of hydrogen-bond donors (Lipinski definition) is 2. The Balaban J connectivity index is 2.25. The SMILES string of the molecule is C=CCc1cc(C=NNC(=S)NCC)cc(OCC)c1OCc1ccc(C)cc1. The first-order chi connectivity index (χ1) is 14.1. The lowest BCUT2D eigenvalue weighted by Gasteiger charge is -2.17. The van der Waals surface area contributed by atoms with E-state index in [1.807, 2.05) is 32.1 Å². The Morgan fingerprint density at radius 1 is 1.17 bits per heavy atom. The van der Waals surface area contributed by atoms with Gasteiger partial charge in [0, 0.05) is 12.1 Å². The molecule has 2 rings (SSSR count). The number of thiocarbonyl (C=S) groups is 1. The smallest absolute Gasteiger partial charge is 0.186 e. The predicted molar refractivity (Wildman–Crippen MR) is 124 cm³/mol. The monoisotopic (exact) mass is 411 g/mol. The highest BCUT2D eigenvalue weighted by Gasteiger charge is 2.13. The van der Waals surface area contributed by atoms with Gasteiger partial charge in [0.15, 0.2) is 16.6 Å². The second-order valence-electron chi connectivity index (χ2n) is 6.44. The highest BCUT2D eigenvalue weighted by atomic mass is 32.1. The van der Waals surface area contributed by atoms with Crippen molar-refractivity contribution in [2.45, 2.75) is 33.8 Å². The molecule has 2 aromatic rings. The van der Waals surface area contributed by atoms with E-state index in [9.17, 15) is 0 Å². The molecule has 0 amide bonds. The molecule has 0 aliphatic heterocycles. The van der Waals surface area contributed by atoms with E-state index in [2.05, 4.69) is 53.6 Å². The third kappa shape index (κ3) is 7.23. The summed E-state index contributed by atoms with van der Waals surface area (Å²) in [6, 6.07) is 12.2. The highest BCUT2D eigenvalue weighted by molar-refractivity contribution is 7.80. The van der Waals surface area contributed by atoms with Crippen molar-refractivity contribution in [1.82, 2.24) is 10.7 Å². The molecule has 0 fully saturated rings. The lowest BCUT2D eigenvalue weighted by molar-refractivity contribution is 0.267. The van der Waals surface area contributed by atoms with Crippen LogP contribution in [0, 0.1) is 6.92 Å². The first kappa shape index (κ1) is 22.4. The van der Waals surface area contributed by atoms with Gasteiger partial charge < -0.3 is 14.8 Å². The Hall–Kier alpha value is -2.86. The fourth-order valence-corrected chi connectivity index (χ4v) is 2.89. The summed E-state index contributed by atoms with van der Waals surface area (Å²) in [5.41, 5.74) is 7.01. The van der Waals surface area contributed by atoms with E-state index >= 15 is 0 Å². The van der Waals surface area contributed by atoms with Crippen LogP contribution in [0.4, 0.5) is 0 Å². The maximum absolute atomic E-state index is 6.17. The molecule has 2 N–H and O–H groups in total. The van der Waals surface area contributed by atoms with Gasteiger partial charge >= 0.3 is 0 Å². The number of benzene rings is 2. The predicted octanol–water partition coefficient (Wildman–Crippen LogP) is 4.52. The van der Waals surface area contributed by atoms with Crippen LogP contribution in [0.2, 0.25) is 0 Å². The second kappa shape index (κ2) is 11.9. The van der Waals surface area contributed by atoms with Crippen LogP contribution in [-0.4, -0.2) is 24.5 Å². The molecule has 0 aromatic heterocycles. The minimum atomic E-state index is 0.469. The number of rotatable bonds is 10. The Morgan fingerprint density at radius 3 is 2.59 bits per heavy atom. The molecular formula is C23H29N3O2S. The number of nitrogens with zero attached hydrogens (tertiary/aromatic N) is 1. The fraction of sp³-hybridized carbons (Fsp3) is 0.304. The first-order valence-corrected chi connectivity index (χ1v) is 10.1. The van der Waals surface area contributed by atoms with E-state index in [1.54, 1.807) is 6.21 Å². The van der Waals surface area contributed by atoms with E-state index in [0.717, 1.165) is 29.0 Å². The van der Waals surface area contributed by atoms with Gasteiger partial charge in [-0.15, -0.1) is 6.58 Å². The van der Waals surface area contributed by atoms with Gasteiger partial charge in [-0.3, -0.25) is 5.43 Å². The number of hydrogen-bond acceptors (Lipinski definition) is 4. The molecule has 29 heavy (non-hydrogen) atoms. The van der Waals surface area contributed by atoms with E-state index in [-0.39, 0.29) is 0 Å². The lowest BCUT2D eigenvalue weighted by atomic mass is 10.1. The van der Waals surface area contributed by atoms with Crippen molar-refractivity contribution in [3.8, 4) is 11.5 Å². The van der Waals surface area contributed by atoms with Crippen LogP contribution in [0.1, 0.15) is 36.1 Å². The maximum Gasteiger partial charge on any atom is 0.186 e. The van der Waals surface area contributed by atoms with E-state index < -0.39 is 0 Å². The molecule has 0 unspecified atom stereocenters. The Labute approximate surface area is 178 Å². The fourth-order valence-electron chi connectivity index (χ4n) is 2.70. The zero-order valence-corrected chi connectivity index (χ0v) is 18.1. The normalized spacial score (nSPS) is 10.6. The molecule has 2 aromatic carbocycles. The average Bonchev–Trinajstić information content (AvgIpc) is 2.69. The first-order valence-electron chi connectivity index (χ1n) is 9.73. The van der Waals surface area contributed by atoms with Crippen LogP contribution in [0.3, 0.4) is 0 Å². The maximum atomic E-state index is 6.17. The van der Waals surface area contributed by atoms with Gasteiger partial charge in [-0.2, -0.15) is 5.10 Å². The van der Waals surface area contributed by atoms with Crippen LogP contribution in [0.5, 0.6) is 11.5 Å². The van der Waals surface area contributed by atoms with Crippen LogP contribution in [-0.2, 0) is 13.0 Å². The molecule has 0 bridgehead atoms. The minimum Gasteiger partial charge on any atom is -0.490 e. The van der Waals surface area contributed by atoms with Crippen molar-refractivity contribution in [2.75, 3.05) is 13.2 Å². The summed E-state index contributed by atoms with van der Waals surface area (Å²) in [7, 11) is 0. The molecule has 0 saturated heterocycles. The van der Waals surface area contributed by atoms with E-state index in [0.29, 0.717) is 30.5 Å². The van der Waals surface area contributed by atoms with Crippen LogP contribution in [0.15, 0.2) is 54.2 Å². The Kier molecular flexibility index (Phi) is 9.18. The van der Waals surface area contributed by atoms with Crippen molar-refractivity contribution in [2.24, 2.45) is 5.10 Å². The molecule has 6 heteroatoms. The summed E-state index contributed by atoms with van der Waals surface area (Å²) in [5.74, 6) is 1.43. The molecule has 0 spiro atoms. The summed E-state index contributed by atoms with van der Waals surface area (Å²) in [6.07, 6.45) is 4.22. The zero-order chi connectivity index (χ0) is 21.1. The number of ether oxygens (including phenoxy) is 2. The summed E-state index contributed by atoms with van der Waals surface area (Å²) in [6.45, 7) is 11.6. The number of nitrogens with one attached hydrogen (secondary N) is 2. The summed E-state index contributed by atoms with van der Waals surface area (Å²) < 4.78 is 12.0. The van der Waals surface area contributed by atoms with Gasteiger partial charge in [-0.25, -0.2) is 0 Å². The summed E-state index contributed by atoms with van der Waals surface area (Å²) in [5, 5.41) is 7.67. The summed E-state index contributed by atoms with van der Waals surface area (Å²) >= 11 is 5.12. The Morgan fingerprint density at radius 2 is 1.93 bits per heavy atom. The molecule has 0 aliphatic carbocycles. The number of aryl methyl sites for hydroxylation is 1. The summed E-state index contributed by atoms with van der Waals surface area (Å²) in [4.78, 5) is 0. The van der Waals surface area contributed by atoms with Gasteiger partial charge in [0.2, 0.25) is 0 Å². The van der Waals surface area contributed by atoms with Gasteiger partial charge in [-0.05, 0) is 62.7 Å². The third-order valence-corrected chi connectivity index (χ3v) is 4.27. The molecule has 0 saturated carbocycles.